The fraction of sp³-hybridized carbons (Fsp3) is 0.429. The van der Waals surface area contributed by atoms with Crippen molar-refractivity contribution in [3.8, 4) is 0 Å². The first-order valence-electron chi connectivity index (χ1n) is 3.48. The van der Waals surface area contributed by atoms with Crippen molar-refractivity contribution in [3.05, 3.63) is 11.8 Å². The summed E-state index contributed by atoms with van der Waals surface area (Å²) in [4.78, 5) is 21.5. The Kier molecular flexibility index (Phi) is 5.19. The third-order valence-electron chi connectivity index (χ3n) is 1.17. The fourth-order valence-electron chi connectivity index (χ4n) is 0.590. The first-order chi connectivity index (χ1) is 5.61. The summed E-state index contributed by atoms with van der Waals surface area (Å²) in [5, 5.41) is 2.37. The molecule has 0 aromatic carbocycles. The van der Waals surface area contributed by atoms with E-state index < -0.39 is 5.91 Å². The topological polar surface area (TPSA) is 72.2 Å². The summed E-state index contributed by atoms with van der Waals surface area (Å²) in [6.07, 6.45) is 1.73. The second kappa shape index (κ2) is 5.65. The number of nitrogens with two attached hydrogens (primary N) is 1. The summed E-state index contributed by atoms with van der Waals surface area (Å²) in [6, 6.07) is 0. The van der Waals surface area contributed by atoms with Crippen LogP contribution in [0.15, 0.2) is 11.8 Å². The average molecular weight is 188 g/mol. The number of nitrogens with one attached hydrogen (secondary N) is 1. The van der Waals surface area contributed by atoms with E-state index in [4.69, 9.17) is 5.73 Å². The highest BCUT2D eigenvalue weighted by atomic mass is 32.1. The summed E-state index contributed by atoms with van der Waals surface area (Å²) in [5.41, 5.74) is 5.08. The SMILES string of the molecule is C/C=C(\NC(=O)CCS)C(N)=O. The lowest BCUT2D eigenvalue weighted by molar-refractivity contribution is -0.122. The zero-order valence-corrected chi connectivity index (χ0v) is 7.73. The average Bonchev–Trinajstić information content (AvgIpc) is 2.00. The molecular formula is C7H12N2O2S. The van der Waals surface area contributed by atoms with Crippen molar-refractivity contribution in [1.82, 2.24) is 5.32 Å². The van der Waals surface area contributed by atoms with Crippen LogP contribution in [0, 0.1) is 0 Å². The van der Waals surface area contributed by atoms with Crippen LogP contribution in [0.25, 0.3) is 0 Å². The van der Waals surface area contributed by atoms with Crippen molar-refractivity contribution < 1.29 is 9.59 Å². The first-order valence-corrected chi connectivity index (χ1v) is 4.12. The Hall–Kier alpha value is -0.970. The molecule has 0 fully saturated rings. The highest BCUT2D eigenvalue weighted by Gasteiger charge is 2.06. The molecule has 0 saturated carbocycles. The first kappa shape index (κ1) is 11.0. The molecule has 0 aromatic rings. The van der Waals surface area contributed by atoms with Crippen molar-refractivity contribution in [3.63, 3.8) is 0 Å². The van der Waals surface area contributed by atoms with Crippen LogP contribution in [-0.4, -0.2) is 17.6 Å². The number of carbonyl (C=O) groups excluding carboxylic acids is 2. The van der Waals surface area contributed by atoms with Crippen molar-refractivity contribution in [2.45, 2.75) is 13.3 Å². The van der Waals surface area contributed by atoms with Gasteiger partial charge in [0.25, 0.3) is 5.91 Å². The number of hydrogen-bond donors (Lipinski definition) is 3. The molecule has 0 saturated heterocycles. The molecular weight excluding hydrogens is 176 g/mol. The summed E-state index contributed by atoms with van der Waals surface area (Å²) >= 11 is 3.87. The minimum atomic E-state index is -0.634. The Morgan fingerprint density at radius 2 is 2.17 bits per heavy atom. The van der Waals surface area contributed by atoms with Crippen LogP contribution < -0.4 is 11.1 Å². The number of thiol groups is 1. The minimum absolute atomic E-state index is 0.127. The lowest BCUT2D eigenvalue weighted by atomic mass is 10.3. The molecule has 0 spiro atoms. The quantitative estimate of drug-likeness (QED) is 0.423. The molecule has 4 nitrogen and oxygen atoms in total. The van der Waals surface area contributed by atoms with E-state index in [1.54, 1.807) is 6.92 Å². The van der Waals surface area contributed by atoms with Crippen LogP contribution in [0.4, 0.5) is 0 Å². The van der Waals surface area contributed by atoms with Gasteiger partial charge in [0, 0.05) is 6.42 Å². The predicted molar refractivity (Wildman–Crippen MR) is 49.6 cm³/mol. The van der Waals surface area contributed by atoms with E-state index in [9.17, 15) is 9.59 Å². The molecule has 0 unspecified atom stereocenters. The Bertz CT molecular complexity index is 213. The molecule has 0 radical (unpaired) electrons. The van der Waals surface area contributed by atoms with Gasteiger partial charge in [0.1, 0.15) is 5.70 Å². The lowest BCUT2D eigenvalue weighted by Crippen LogP contribution is -2.31. The maximum atomic E-state index is 10.9. The molecule has 68 valence electrons. The van der Waals surface area contributed by atoms with Gasteiger partial charge in [-0.1, -0.05) is 6.08 Å². The number of amides is 2. The monoisotopic (exact) mass is 188 g/mol. The highest BCUT2D eigenvalue weighted by molar-refractivity contribution is 7.80. The molecule has 0 aliphatic rings. The third-order valence-corrected chi connectivity index (χ3v) is 1.39. The highest BCUT2D eigenvalue weighted by Crippen LogP contribution is 1.90. The number of primary amides is 1. The molecule has 0 aromatic heterocycles. The van der Waals surface area contributed by atoms with Gasteiger partial charge >= 0.3 is 0 Å². The Balaban J connectivity index is 4.05. The van der Waals surface area contributed by atoms with Gasteiger partial charge in [-0.05, 0) is 12.7 Å². The number of carbonyl (C=O) groups is 2. The van der Waals surface area contributed by atoms with Crippen LogP contribution in [0.5, 0.6) is 0 Å². The van der Waals surface area contributed by atoms with Crippen molar-refractivity contribution in [1.29, 1.82) is 0 Å². The third kappa shape index (κ3) is 4.02. The standard InChI is InChI=1S/C7H12N2O2S/c1-2-5(7(8)11)9-6(10)3-4-12/h2,12H,3-4H2,1H3,(H2,8,11)(H,9,10)/b5-2-. The van der Waals surface area contributed by atoms with E-state index in [-0.39, 0.29) is 18.0 Å². The smallest absolute Gasteiger partial charge is 0.264 e. The Morgan fingerprint density at radius 1 is 1.58 bits per heavy atom. The lowest BCUT2D eigenvalue weighted by Gasteiger charge is -2.03. The van der Waals surface area contributed by atoms with Gasteiger partial charge in [-0.15, -0.1) is 0 Å². The van der Waals surface area contributed by atoms with Gasteiger partial charge in [-0.25, -0.2) is 0 Å². The number of allylic oxidation sites excluding steroid dienone is 1. The van der Waals surface area contributed by atoms with E-state index in [1.165, 1.54) is 6.08 Å². The van der Waals surface area contributed by atoms with Crippen LogP contribution in [-0.2, 0) is 9.59 Å². The van der Waals surface area contributed by atoms with Gasteiger partial charge in [0.2, 0.25) is 5.91 Å². The molecule has 12 heavy (non-hydrogen) atoms. The largest absolute Gasteiger partial charge is 0.364 e. The normalized spacial score (nSPS) is 11.0. The summed E-state index contributed by atoms with van der Waals surface area (Å²) in [7, 11) is 0. The van der Waals surface area contributed by atoms with E-state index in [2.05, 4.69) is 17.9 Å². The molecule has 3 N–H and O–H groups in total. The maximum Gasteiger partial charge on any atom is 0.264 e. The molecule has 0 aliphatic carbocycles. The van der Waals surface area contributed by atoms with E-state index in [0.717, 1.165) is 0 Å². The number of rotatable bonds is 4. The van der Waals surface area contributed by atoms with E-state index in [0.29, 0.717) is 5.75 Å². The molecule has 2 amide bonds. The van der Waals surface area contributed by atoms with Crippen LogP contribution in [0.2, 0.25) is 0 Å². The molecule has 0 bridgehead atoms. The summed E-state index contributed by atoms with van der Waals surface area (Å²) in [5.74, 6) is -0.441. The van der Waals surface area contributed by atoms with Gasteiger partial charge in [-0.3, -0.25) is 9.59 Å². The molecule has 0 rings (SSSR count). The van der Waals surface area contributed by atoms with Crippen molar-refractivity contribution in [2.24, 2.45) is 5.73 Å². The molecule has 0 aliphatic heterocycles. The molecule has 0 atom stereocenters. The Labute approximate surface area is 76.6 Å². The van der Waals surface area contributed by atoms with Crippen LogP contribution in [0.3, 0.4) is 0 Å². The second-order valence-corrected chi connectivity index (χ2v) is 2.54. The predicted octanol–water partition coefficient (Wildman–Crippen LogP) is -0.188. The second-order valence-electron chi connectivity index (χ2n) is 2.09. The van der Waals surface area contributed by atoms with Gasteiger partial charge < -0.3 is 11.1 Å². The zero-order chi connectivity index (χ0) is 9.56. The maximum absolute atomic E-state index is 10.9. The van der Waals surface area contributed by atoms with Crippen LogP contribution in [0.1, 0.15) is 13.3 Å². The van der Waals surface area contributed by atoms with Gasteiger partial charge in [0.05, 0.1) is 0 Å². The Morgan fingerprint density at radius 3 is 2.50 bits per heavy atom. The number of hydrogen-bond acceptors (Lipinski definition) is 3. The van der Waals surface area contributed by atoms with E-state index >= 15 is 0 Å². The minimum Gasteiger partial charge on any atom is -0.364 e. The molecule has 0 heterocycles. The summed E-state index contributed by atoms with van der Waals surface area (Å²) in [6.45, 7) is 1.63. The van der Waals surface area contributed by atoms with E-state index in [1.807, 2.05) is 0 Å². The van der Waals surface area contributed by atoms with Crippen molar-refractivity contribution in [2.75, 3.05) is 5.75 Å². The summed E-state index contributed by atoms with van der Waals surface area (Å²) < 4.78 is 0. The van der Waals surface area contributed by atoms with Gasteiger partial charge in [-0.2, -0.15) is 12.6 Å². The van der Waals surface area contributed by atoms with Crippen molar-refractivity contribution >= 4 is 24.4 Å². The fourth-order valence-corrected chi connectivity index (χ4v) is 0.793. The van der Waals surface area contributed by atoms with Crippen LogP contribution >= 0.6 is 12.6 Å². The zero-order valence-electron chi connectivity index (χ0n) is 6.83. The molecule has 5 heteroatoms. The van der Waals surface area contributed by atoms with Gasteiger partial charge in [0.15, 0.2) is 0 Å².